The van der Waals surface area contributed by atoms with E-state index in [1.807, 2.05) is 52.8 Å². The lowest BCUT2D eigenvalue weighted by molar-refractivity contribution is -0.121. The van der Waals surface area contributed by atoms with Gasteiger partial charge >= 0.3 is 0 Å². The summed E-state index contributed by atoms with van der Waals surface area (Å²) in [5.41, 5.74) is 6.39. The van der Waals surface area contributed by atoms with E-state index in [0.29, 0.717) is 5.56 Å². The Morgan fingerprint density at radius 1 is 0.880 bits per heavy atom. The van der Waals surface area contributed by atoms with E-state index in [-0.39, 0.29) is 30.6 Å². The Morgan fingerprint density at radius 2 is 1.56 bits per heavy atom. The molecule has 0 fully saturated rings. The molecular weight excluding hydrogens is 310 g/mol. The third-order valence-electron chi connectivity index (χ3n) is 4.69. The van der Waals surface area contributed by atoms with Gasteiger partial charge in [-0.25, -0.2) is 0 Å². The molecule has 0 aliphatic carbocycles. The quantitative estimate of drug-likeness (QED) is 0.772. The Labute approximate surface area is 150 Å². The van der Waals surface area contributed by atoms with Crippen molar-refractivity contribution in [2.24, 2.45) is 0 Å². The lowest BCUT2D eigenvalue weighted by Gasteiger charge is -2.17. The molecule has 2 aromatic rings. The van der Waals surface area contributed by atoms with E-state index >= 15 is 0 Å². The number of nitrogens with one attached hydrogen (secondary N) is 1. The molecule has 1 atom stereocenters. The van der Waals surface area contributed by atoms with Gasteiger partial charge in [-0.3, -0.25) is 9.59 Å². The summed E-state index contributed by atoms with van der Waals surface area (Å²) in [5.74, 6) is -0.0803. The molecule has 3 nitrogen and oxygen atoms in total. The molecule has 2 rings (SSSR count). The van der Waals surface area contributed by atoms with Gasteiger partial charge in [-0.2, -0.15) is 0 Å². The van der Waals surface area contributed by atoms with Crippen molar-refractivity contribution in [3.8, 4) is 0 Å². The average molecular weight is 337 g/mol. The fourth-order valence-electron chi connectivity index (χ4n) is 2.90. The van der Waals surface area contributed by atoms with Crippen molar-refractivity contribution in [2.45, 2.75) is 53.5 Å². The SMILES string of the molecule is Cc1ccc(C)c(C(C)NC(=O)CCC(=O)c2ccc(C)c(C)c2)c1. The molecule has 0 bridgehead atoms. The Kier molecular flexibility index (Phi) is 6.13. The molecule has 3 heteroatoms. The van der Waals surface area contributed by atoms with Crippen LogP contribution in [0.3, 0.4) is 0 Å². The smallest absolute Gasteiger partial charge is 0.220 e. The average Bonchev–Trinajstić information content (AvgIpc) is 2.57. The fraction of sp³-hybridized carbons (Fsp3) is 0.364. The summed E-state index contributed by atoms with van der Waals surface area (Å²) in [7, 11) is 0. The molecular formula is C22H27NO2. The zero-order chi connectivity index (χ0) is 18.6. The Morgan fingerprint density at radius 3 is 2.24 bits per heavy atom. The van der Waals surface area contributed by atoms with Gasteiger partial charge < -0.3 is 5.32 Å². The zero-order valence-electron chi connectivity index (χ0n) is 15.8. The molecule has 132 valence electrons. The van der Waals surface area contributed by atoms with Gasteiger partial charge in [0.2, 0.25) is 5.91 Å². The number of carbonyl (C=O) groups excluding carboxylic acids is 2. The van der Waals surface area contributed by atoms with Crippen LogP contribution in [0.15, 0.2) is 36.4 Å². The maximum atomic E-state index is 12.3. The second kappa shape index (κ2) is 8.11. The number of hydrogen-bond donors (Lipinski definition) is 1. The van der Waals surface area contributed by atoms with Crippen LogP contribution in [0.4, 0.5) is 0 Å². The van der Waals surface area contributed by atoms with Crippen LogP contribution in [0.1, 0.15) is 64.0 Å². The third-order valence-corrected chi connectivity index (χ3v) is 4.69. The van der Waals surface area contributed by atoms with E-state index in [1.54, 1.807) is 0 Å². The summed E-state index contributed by atoms with van der Waals surface area (Å²) in [6.45, 7) is 10.1. The van der Waals surface area contributed by atoms with Crippen LogP contribution in [0.2, 0.25) is 0 Å². The van der Waals surface area contributed by atoms with Crippen molar-refractivity contribution in [2.75, 3.05) is 0 Å². The van der Waals surface area contributed by atoms with E-state index in [1.165, 1.54) is 5.56 Å². The highest BCUT2D eigenvalue weighted by Gasteiger charge is 2.14. The van der Waals surface area contributed by atoms with Crippen molar-refractivity contribution in [3.63, 3.8) is 0 Å². The molecule has 0 aliphatic rings. The van der Waals surface area contributed by atoms with E-state index in [0.717, 1.165) is 22.3 Å². The van der Waals surface area contributed by atoms with Gasteiger partial charge in [0.1, 0.15) is 0 Å². The number of hydrogen-bond acceptors (Lipinski definition) is 2. The van der Waals surface area contributed by atoms with Crippen LogP contribution in [0.25, 0.3) is 0 Å². The number of benzene rings is 2. The molecule has 0 spiro atoms. The van der Waals surface area contributed by atoms with Gasteiger partial charge in [0.05, 0.1) is 6.04 Å². The first-order chi connectivity index (χ1) is 11.8. The van der Waals surface area contributed by atoms with Gasteiger partial charge in [-0.05, 0) is 62.9 Å². The lowest BCUT2D eigenvalue weighted by atomic mass is 9.99. The summed E-state index contributed by atoms with van der Waals surface area (Å²) in [5, 5.41) is 3.00. The number of carbonyl (C=O) groups is 2. The van der Waals surface area contributed by atoms with Gasteiger partial charge in [-0.1, -0.05) is 35.9 Å². The highest BCUT2D eigenvalue weighted by Crippen LogP contribution is 2.19. The van der Waals surface area contributed by atoms with Gasteiger partial charge in [-0.15, -0.1) is 0 Å². The maximum Gasteiger partial charge on any atom is 0.220 e. The topological polar surface area (TPSA) is 46.2 Å². The number of Topliss-reactive ketones (excluding diaryl/α,β-unsaturated/α-hetero) is 1. The van der Waals surface area contributed by atoms with Crippen molar-refractivity contribution in [1.29, 1.82) is 0 Å². The van der Waals surface area contributed by atoms with Crippen LogP contribution >= 0.6 is 0 Å². The van der Waals surface area contributed by atoms with Crippen molar-refractivity contribution < 1.29 is 9.59 Å². The zero-order valence-corrected chi connectivity index (χ0v) is 15.8. The Balaban J connectivity index is 1.92. The maximum absolute atomic E-state index is 12.3. The first-order valence-electron chi connectivity index (χ1n) is 8.75. The second-order valence-electron chi connectivity index (χ2n) is 6.87. The van der Waals surface area contributed by atoms with Crippen LogP contribution in [0, 0.1) is 27.7 Å². The molecule has 1 N–H and O–H groups in total. The summed E-state index contributed by atoms with van der Waals surface area (Å²) in [4.78, 5) is 24.5. The molecule has 25 heavy (non-hydrogen) atoms. The van der Waals surface area contributed by atoms with Crippen LogP contribution in [0.5, 0.6) is 0 Å². The molecule has 0 saturated carbocycles. The van der Waals surface area contributed by atoms with Crippen molar-refractivity contribution >= 4 is 11.7 Å². The molecule has 0 heterocycles. The Hall–Kier alpha value is -2.42. The number of ketones is 1. The van der Waals surface area contributed by atoms with Gasteiger partial charge in [0.25, 0.3) is 0 Å². The molecule has 2 aromatic carbocycles. The minimum absolute atomic E-state index is 0.0117. The fourth-order valence-corrected chi connectivity index (χ4v) is 2.90. The monoisotopic (exact) mass is 337 g/mol. The van der Waals surface area contributed by atoms with Crippen LogP contribution in [-0.2, 0) is 4.79 Å². The molecule has 0 aliphatic heterocycles. The molecule has 0 saturated heterocycles. The number of amides is 1. The van der Waals surface area contributed by atoms with E-state index < -0.39 is 0 Å². The van der Waals surface area contributed by atoms with E-state index in [4.69, 9.17) is 0 Å². The first-order valence-corrected chi connectivity index (χ1v) is 8.75. The summed E-state index contributed by atoms with van der Waals surface area (Å²) >= 11 is 0. The van der Waals surface area contributed by atoms with E-state index in [9.17, 15) is 9.59 Å². The van der Waals surface area contributed by atoms with E-state index in [2.05, 4.69) is 23.5 Å². The predicted octanol–water partition coefficient (Wildman–Crippen LogP) is 4.76. The van der Waals surface area contributed by atoms with Crippen molar-refractivity contribution in [3.05, 3.63) is 69.8 Å². The predicted molar refractivity (Wildman–Crippen MR) is 102 cm³/mol. The molecule has 1 unspecified atom stereocenters. The largest absolute Gasteiger partial charge is 0.350 e. The van der Waals surface area contributed by atoms with Gasteiger partial charge in [0, 0.05) is 18.4 Å². The molecule has 0 radical (unpaired) electrons. The molecule has 0 aromatic heterocycles. The minimum atomic E-state index is -0.0920. The molecule has 1 amide bonds. The normalized spacial score (nSPS) is 11.9. The summed E-state index contributed by atoms with van der Waals surface area (Å²) in [6, 6.07) is 11.8. The minimum Gasteiger partial charge on any atom is -0.350 e. The first kappa shape index (κ1) is 18.9. The third kappa shape index (κ3) is 5.02. The van der Waals surface area contributed by atoms with Crippen molar-refractivity contribution in [1.82, 2.24) is 5.32 Å². The van der Waals surface area contributed by atoms with Crippen LogP contribution < -0.4 is 5.32 Å². The summed E-state index contributed by atoms with van der Waals surface area (Å²) < 4.78 is 0. The van der Waals surface area contributed by atoms with Crippen LogP contribution in [-0.4, -0.2) is 11.7 Å². The summed E-state index contributed by atoms with van der Waals surface area (Å²) in [6.07, 6.45) is 0.439. The lowest BCUT2D eigenvalue weighted by Crippen LogP contribution is -2.27. The number of rotatable bonds is 6. The number of aryl methyl sites for hydroxylation is 4. The highest BCUT2D eigenvalue weighted by atomic mass is 16.2. The highest BCUT2D eigenvalue weighted by molar-refractivity contribution is 5.98. The second-order valence-corrected chi connectivity index (χ2v) is 6.87. The standard InChI is InChI=1S/C22H27NO2/c1-14-6-7-16(3)20(12-14)18(5)23-22(25)11-10-21(24)19-9-8-15(2)17(4)13-19/h6-9,12-13,18H,10-11H2,1-5H3,(H,23,25). The van der Waals surface area contributed by atoms with Gasteiger partial charge in [0.15, 0.2) is 5.78 Å². The Bertz CT molecular complexity index is 793.